The molecule has 0 aliphatic heterocycles. The van der Waals surface area contributed by atoms with Gasteiger partial charge in [-0.2, -0.15) is 0 Å². The lowest BCUT2D eigenvalue weighted by molar-refractivity contribution is 0.0601. The van der Waals surface area contributed by atoms with E-state index in [0.717, 1.165) is 0 Å². The first kappa shape index (κ1) is 11.8. The Labute approximate surface area is 96.5 Å². The molecule has 0 spiro atoms. The Bertz CT molecular complexity index is 355. The molecule has 1 aromatic carbocycles. The van der Waals surface area contributed by atoms with Crippen LogP contribution in [0.15, 0.2) is 18.2 Å². The molecule has 0 aliphatic carbocycles. The van der Waals surface area contributed by atoms with Gasteiger partial charge in [0.25, 0.3) is 0 Å². The van der Waals surface area contributed by atoms with Gasteiger partial charge >= 0.3 is 5.97 Å². The predicted molar refractivity (Wildman–Crippen MR) is 61.5 cm³/mol. The molecule has 4 nitrogen and oxygen atoms in total. The van der Waals surface area contributed by atoms with Gasteiger partial charge in [-0.1, -0.05) is 22.0 Å². The molecular weight excluding hydrogens is 262 g/mol. The molecule has 2 N–H and O–H groups in total. The van der Waals surface area contributed by atoms with Gasteiger partial charge in [-0.15, -0.1) is 0 Å². The number of hydrogen-bond acceptors (Lipinski definition) is 4. The van der Waals surface area contributed by atoms with Crippen molar-refractivity contribution in [3.63, 3.8) is 0 Å². The fraction of sp³-hybridized carbons (Fsp3) is 0.300. The summed E-state index contributed by atoms with van der Waals surface area (Å²) in [7, 11) is 1.31. The first-order valence-electron chi connectivity index (χ1n) is 4.36. The van der Waals surface area contributed by atoms with E-state index in [1.54, 1.807) is 18.2 Å². The highest BCUT2D eigenvalue weighted by molar-refractivity contribution is 9.09. The van der Waals surface area contributed by atoms with Crippen LogP contribution in [0.5, 0.6) is 5.75 Å². The molecule has 0 amide bonds. The minimum atomic E-state index is -0.461. The largest absolute Gasteiger partial charge is 0.491 e. The van der Waals surface area contributed by atoms with Gasteiger partial charge in [0.1, 0.15) is 5.75 Å². The van der Waals surface area contributed by atoms with E-state index < -0.39 is 5.97 Å². The van der Waals surface area contributed by atoms with Crippen LogP contribution in [-0.4, -0.2) is 25.0 Å². The molecule has 1 rings (SSSR count). The Morgan fingerprint density at radius 1 is 1.53 bits per heavy atom. The number of halogens is 1. The van der Waals surface area contributed by atoms with E-state index in [9.17, 15) is 4.79 Å². The number of esters is 1. The topological polar surface area (TPSA) is 61.5 Å². The first-order chi connectivity index (χ1) is 7.20. The zero-order valence-electron chi connectivity index (χ0n) is 8.33. The number of benzene rings is 1. The standard InChI is InChI=1S/C10H12BrNO3/c1-14-10(13)7-3-2-4-8(9(7)12)15-6-5-11/h2-4H,5-6,12H2,1H3. The Morgan fingerprint density at radius 2 is 2.27 bits per heavy atom. The molecular formula is C10H12BrNO3. The summed E-state index contributed by atoms with van der Waals surface area (Å²) in [6.07, 6.45) is 0. The van der Waals surface area contributed by atoms with E-state index in [0.29, 0.717) is 28.9 Å². The zero-order chi connectivity index (χ0) is 11.3. The van der Waals surface area contributed by atoms with Gasteiger partial charge in [-0.05, 0) is 12.1 Å². The number of carbonyl (C=O) groups is 1. The number of alkyl halides is 1. The van der Waals surface area contributed by atoms with Gasteiger partial charge in [-0.3, -0.25) is 0 Å². The van der Waals surface area contributed by atoms with Crippen LogP contribution in [0, 0.1) is 0 Å². The van der Waals surface area contributed by atoms with Crippen molar-refractivity contribution < 1.29 is 14.3 Å². The summed E-state index contributed by atoms with van der Waals surface area (Å²) in [5.74, 6) is 0.0362. The summed E-state index contributed by atoms with van der Waals surface area (Å²) in [4.78, 5) is 11.3. The van der Waals surface area contributed by atoms with Crippen LogP contribution >= 0.6 is 15.9 Å². The highest BCUT2D eigenvalue weighted by Gasteiger charge is 2.13. The van der Waals surface area contributed by atoms with E-state index in [2.05, 4.69) is 20.7 Å². The number of carbonyl (C=O) groups excluding carboxylic acids is 1. The van der Waals surface area contributed by atoms with Crippen molar-refractivity contribution in [1.29, 1.82) is 0 Å². The zero-order valence-corrected chi connectivity index (χ0v) is 9.91. The number of para-hydroxylation sites is 1. The normalized spacial score (nSPS) is 9.73. The van der Waals surface area contributed by atoms with Crippen molar-refractivity contribution in [3.05, 3.63) is 23.8 Å². The number of nitrogens with two attached hydrogens (primary N) is 1. The molecule has 0 radical (unpaired) electrons. The lowest BCUT2D eigenvalue weighted by atomic mass is 10.1. The van der Waals surface area contributed by atoms with Crippen LogP contribution in [0.3, 0.4) is 0 Å². The van der Waals surface area contributed by atoms with E-state index in [4.69, 9.17) is 10.5 Å². The summed E-state index contributed by atoms with van der Waals surface area (Å²) in [6.45, 7) is 0.495. The Morgan fingerprint density at radius 3 is 2.87 bits per heavy atom. The second-order valence-electron chi connectivity index (χ2n) is 2.75. The van der Waals surface area contributed by atoms with Crippen LogP contribution in [0.1, 0.15) is 10.4 Å². The lowest BCUT2D eigenvalue weighted by Gasteiger charge is -2.10. The number of nitrogen functional groups attached to an aromatic ring is 1. The summed E-state index contributed by atoms with van der Waals surface area (Å²) >= 11 is 3.24. The molecule has 0 saturated heterocycles. The summed E-state index contributed by atoms with van der Waals surface area (Å²) in [5.41, 5.74) is 6.39. The maximum absolute atomic E-state index is 11.3. The molecule has 0 bridgehead atoms. The second kappa shape index (κ2) is 5.60. The average molecular weight is 274 g/mol. The van der Waals surface area contributed by atoms with Crippen molar-refractivity contribution >= 4 is 27.6 Å². The minimum absolute atomic E-state index is 0.310. The number of ether oxygens (including phenoxy) is 2. The highest BCUT2D eigenvalue weighted by Crippen LogP contribution is 2.25. The van der Waals surface area contributed by atoms with Gasteiger partial charge in [0.15, 0.2) is 0 Å². The van der Waals surface area contributed by atoms with Crippen LogP contribution in [0.2, 0.25) is 0 Å². The monoisotopic (exact) mass is 273 g/mol. The Kier molecular flexibility index (Phi) is 4.42. The van der Waals surface area contributed by atoms with Crippen LogP contribution in [0.4, 0.5) is 5.69 Å². The number of rotatable bonds is 4. The third-order valence-electron chi connectivity index (χ3n) is 1.81. The van der Waals surface area contributed by atoms with Gasteiger partial charge < -0.3 is 15.2 Å². The molecule has 82 valence electrons. The first-order valence-corrected chi connectivity index (χ1v) is 5.48. The average Bonchev–Trinajstić information content (AvgIpc) is 2.27. The molecule has 5 heteroatoms. The molecule has 0 aliphatic rings. The van der Waals surface area contributed by atoms with Crippen LogP contribution in [-0.2, 0) is 4.74 Å². The van der Waals surface area contributed by atoms with E-state index in [1.165, 1.54) is 7.11 Å². The van der Waals surface area contributed by atoms with E-state index >= 15 is 0 Å². The van der Waals surface area contributed by atoms with Crippen molar-refractivity contribution in [2.45, 2.75) is 0 Å². The second-order valence-corrected chi connectivity index (χ2v) is 3.54. The smallest absolute Gasteiger partial charge is 0.340 e. The molecule has 0 unspecified atom stereocenters. The van der Waals surface area contributed by atoms with Crippen molar-refractivity contribution in [2.24, 2.45) is 0 Å². The quantitative estimate of drug-likeness (QED) is 0.517. The van der Waals surface area contributed by atoms with Crippen molar-refractivity contribution in [2.75, 3.05) is 24.8 Å². The molecule has 1 aromatic rings. The Balaban J connectivity index is 2.95. The lowest BCUT2D eigenvalue weighted by Crippen LogP contribution is -2.08. The van der Waals surface area contributed by atoms with Gasteiger partial charge in [0, 0.05) is 5.33 Å². The predicted octanol–water partition coefficient (Wildman–Crippen LogP) is 1.83. The SMILES string of the molecule is COC(=O)c1cccc(OCCBr)c1N. The van der Waals surface area contributed by atoms with Crippen molar-refractivity contribution in [3.8, 4) is 5.75 Å². The van der Waals surface area contributed by atoms with Gasteiger partial charge in [0.2, 0.25) is 0 Å². The summed E-state index contributed by atoms with van der Waals surface area (Å²) in [6, 6.07) is 5.01. The van der Waals surface area contributed by atoms with Crippen molar-refractivity contribution in [1.82, 2.24) is 0 Å². The molecule has 0 atom stereocenters. The maximum atomic E-state index is 11.3. The Hall–Kier alpha value is -1.23. The molecule has 0 heterocycles. The molecule has 0 fully saturated rings. The van der Waals surface area contributed by atoms with Gasteiger partial charge in [-0.25, -0.2) is 4.79 Å². The summed E-state index contributed by atoms with van der Waals surface area (Å²) in [5, 5.41) is 0.703. The van der Waals surface area contributed by atoms with Crippen LogP contribution in [0.25, 0.3) is 0 Å². The third kappa shape index (κ3) is 2.86. The summed E-state index contributed by atoms with van der Waals surface area (Å²) < 4.78 is 9.93. The van der Waals surface area contributed by atoms with E-state index in [-0.39, 0.29) is 0 Å². The molecule has 0 aromatic heterocycles. The third-order valence-corrected chi connectivity index (χ3v) is 2.13. The fourth-order valence-electron chi connectivity index (χ4n) is 1.11. The molecule has 15 heavy (non-hydrogen) atoms. The van der Waals surface area contributed by atoms with Gasteiger partial charge in [0.05, 0.1) is 25.0 Å². The fourth-order valence-corrected chi connectivity index (χ4v) is 1.27. The molecule has 0 saturated carbocycles. The van der Waals surface area contributed by atoms with Crippen LogP contribution < -0.4 is 10.5 Å². The highest BCUT2D eigenvalue weighted by atomic mass is 79.9. The number of methoxy groups -OCH3 is 1. The number of hydrogen-bond donors (Lipinski definition) is 1. The van der Waals surface area contributed by atoms with E-state index in [1.807, 2.05) is 0 Å². The minimum Gasteiger partial charge on any atom is -0.491 e. The maximum Gasteiger partial charge on any atom is 0.340 e. The number of anilines is 1.